The molecule has 0 amide bonds. The number of rotatable bonds is 7. The smallest absolute Gasteiger partial charge is 0.373 e. The van der Waals surface area contributed by atoms with Crippen molar-refractivity contribution < 1.29 is 43.9 Å². The van der Waals surface area contributed by atoms with E-state index in [9.17, 15) is 24.9 Å². The highest BCUT2D eigenvalue weighted by atomic mass is 16.6. The number of methoxy groups -OCH3 is 2. The van der Waals surface area contributed by atoms with Crippen molar-refractivity contribution in [3.63, 3.8) is 0 Å². The molecule has 11 atom stereocenters. The van der Waals surface area contributed by atoms with E-state index in [1.807, 2.05) is 47.6 Å². The summed E-state index contributed by atoms with van der Waals surface area (Å²) in [5, 5.41) is 34.1. The lowest BCUT2D eigenvalue weighted by atomic mass is 9.76. The van der Waals surface area contributed by atoms with Crippen LogP contribution in [0.5, 0.6) is 0 Å². The molecule has 2 aliphatic rings. The van der Waals surface area contributed by atoms with Crippen molar-refractivity contribution in [2.24, 2.45) is 35.5 Å². The molecule has 0 saturated carbocycles. The molecule has 0 aliphatic carbocycles. The molecular weight excluding hydrogens is 564 g/mol. The number of cyclic esters (lactones) is 1. The largest absolute Gasteiger partial charge is 0.490 e. The third-order valence-corrected chi connectivity index (χ3v) is 9.28. The second kappa shape index (κ2) is 16.3. The molecule has 0 aromatic rings. The first-order valence-electron chi connectivity index (χ1n) is 15.8. The number of hydrogen-bond acceptors (Lipinski definition) is 9. The first-order chi connectivity index (χ1) is 20.5. The molecule has 0 bridgehead atoms. The Morgan fingerprint density at radius 1 is 1.05 bits per heavy atom. The van der Waals surface area contributed by atoms with E-state index in [1.165, 1.54) is 20.3 Å². The van der Waals surface area contributed by atoms with Crippen LogP contribution in [-0.4, -0.2) is 77.6 Å². The Hall–Kier alpha value is -2.30. The molecule has 9 heteroatoms. The van der Waals surface area contributed by atoms with Crippen molar-refractivity contribution in [2.75, 3.05) is 14.2 Å². The fourth-order valence-corrected chi connectivity index (χ4v) is 6.39. The molecule has 0 aromatic heterocycles. The van der Waals surface area contributed by atoms with Crippen LogP contribution in [-0.2, 0) is 28.5 Å². The van der Waals surface area contributed by atoms with E-state index in [0.717, 1.165) is 5.57 Å². The summed E-state index contributed by atoms with van der Waals surface area (Å²) in [4.78, 5) is 26.5. The summed E-state index contributed by atoms with van der Waals surface area (Å²) in [6.07, 6.45) is 5.04. The molecule has 0 radical (unpaired) electrons. The summed E-state index contributed by atoms with van der Waals surface area (Å²) in [5.74, 6) is -4.87. The summed E-state index contributed by atoms with van der Waals surface area (Å²) in [5.41, 5.74) is 1.66. The number of hydrogen-bond donors (Lipinski definition) is 3. The van der Waals surface area contributed by atoms with E-state index in [-0.39, 0.29) is 41.6 Å². The molecule has 1 saturated heterocycles. The minimum Gasteiger partial charge on any atom is -0.490 e. The SMILES string of the molecule is CO/C1=C/C(C)=C/C(C)C(=O)C(C)C/C(C)=C/C=C\C(OC)C(C(C)C(O)C(C)C2(O)CC(O)C(C)C(C(C)C)O2)OC1=O. The van der Waals surface area contributed by atoms with Gasteiger partial charge in [0.15, 0.2) is 5.79 Å². The van der Waals surface area contributed by atoms with Crippen LogP contribution in [0, 0.1) is 35.5 Å². The Morgan fingerprint density at radius 3 is 2.25 bits per heavy atom. The average molecular weight is 621 g/mol. The maximum absolute atomic E-state index is 13.5. The zero-order valence-corrected chi connectivity index (χ0v) is 28.4. The molecule has 1 fully saturated rings. The predicted octanol–water partition coefficient (Wildman–Crippen LogP) is 4.90. The van der Waals surface area contributed by atoms with Gasteiger partial charge in [-0.05, 0) is 32.3 Å². The Bertz CT molecular complexity index is 1110. The van der Waals surface area contributed by atoms with E-state index in [0.29, 0.717) is 12.0 Å². The van der Waals surface area contributed by atoms with Crippen molar-refractivity contribution in [2.45, 2.75) is 111 Å². The first-order valence-corrected chi connectivity index (χ1v) is 15.8. The Balaban J connectivity index is 2.53. The zero-order chi connectivity index (χ0) is 33.5. The molecule has 0 aromatic carbocycles. The Labute approximate surface area is 264 Å². The van der Waals surface area contributed by atoms with Gasteiger partial charge >= 0.3 is 5.97 Å². The lowest BCUT2D eigenvalue weighted by molar-refractivity contribution is -0.328. The van der Waals surface area contributed by atoms with Gasteiger partial charge < -0.3 is 34.3 Å². The highest BCUT2D eigenvalue weighted by molar-refractivity contribution is 5.87. The van der Waals surface area contributed by atoms with Gasteiger partial charge in [0.1, 0.15) is 18.0 Å². The molecule has 250 valence electrons. The molecule has 9 nitrogen and oxygen atoms in total. The lowest BCUT2D eigenvalue weighted by Crippen LogP contribution is -2.59. The second-order valence-corrected chi connectivity index (χ2v) is 13.3. The molecule has 2 aliphatic heterocycles. The summed E-state index contributed by atoms with van der Waals surface area (Å²) < 4.78 is 23.3. The maximum Gasteiger partial charge on any atom is 0.373 e. The summed E-state index contributed by atoms with van der Waals surface area (Å²) in [7, 11) is 2.84. The van der Waals surface area contributed by atoms with E-state index < -0.39 is 54.1 Å². The Kier molecular flexibility index (Phi) is 14.0. The standard InChI is InChI=1S/C35H56O9/c1-19(2)32-24(7)27(36)18-35(40,44-32)26(9)31(38)25(8)33-28(41-10)14-12-13-20(3)15-22(5)30(37)23(6)16-21(4)17-29(42-11)34(39)43-33/h12-14,16-17,19,22-28,31-33,36,38,40H,15,18H2,1-11H3/b14-12-,20-13+,21-16+,29-17+. The number of aliphatic hydroxyl groups excluding tert-OH is 2. The van der Waals surface area contributed by atoms with Crippen LogP contribution in [0.15, 0.2) is 47.3 Å². The van der Waals surface area contributed by atoms with Crippen LogP contribution >= 0.6 is 0 Å². The van der Waals surface area contributed by atoms with Crippen LogP contribution < -0.4 is 0 Å². The number of ether oxygens (including phenoxy) is 4. The molecular formula is C35H56O9. The van der Waals surface area contributed by atoms with Crippen LogP contribution in [0.4, 0.5) is 0 Å². The van der Waals surface area contributed by atoms with Crippen LogP contribution in [0.3, 0.4) is 0 Å². The minimum absolute atomic E-state index is 0.0302. The number of ketones is 1. The number of esters is 1. The molecule has 44 heavy (non-hydrogen) atoms. The average Bonchev–Trinajstić information content (AvgIpc) is 2.96. The lowest BCUT2D eigenvalue weighted by Gasteiger charge is -2.49. The quantitative estimate of drug-likeness (QED) is 0.340. The summed E-state index contributed by atoms with van der Waals surface area (Å²) >= 11 is 0. The fraction of sp³-hybridized carbons (Fsp3) is 0.714. The van der Waals surface area contributed by atoms with Crippen molar-refractivity contribution in [3.8, 4) is 0 Å². The van der Waals surface area contributed by atoms with Gasteiger partial charge in [0, 0.05) is 43.1 Å². The number of Topliss-reactive ketones (excluding diaryl/α,β-unsaturated/α-hetero) is 1. The maximum atomic E-state index is 13.5. The molecule has 3 N–H and O–H groups in total. The van der Waals surface area contributed by atoms with Crippen molar-refractivity contribution in [1.82, 2.24) is 0 Å². The molecule has 2 rings (SSSR count). The monoisotopic (exact) mass is 620 g/mol. The van der Waals surface area contributed by atoms with Crippen molar-refractivity contribution in [1.29, 1.82) is 0 Å². The number of carbonyl (C=O) groups is 2. The first kappa shape index (κ1) is 37.9. The van der Waals surface area contributed by atoms with E-state index in [4.69, 9.17) is 18.9 Å². The van der Waals surface area contributed by atoms with Crippen LogP contribution in [0.2, 0.25) is 0 Å². The minimum atomic E-state index is -1.81. The van der Waals surface area contributed by atoms with Crippen LogP contribution in [0.25, 0.3) is 0 Å². The third kappa shape index (κ3) is 9.36. The number of aliphatic hydroxyl groups is 3. The zero-order valence-electron chi connectivity index (χ0n) is 28.4. The third-order valence-electron chi connectivity index (χ3n) is 9.28. The molecule has 0 spiro atoms. The van der Waals surface area contributed by atoms with E-state index in [2.05, 4.69) is 0 Å². The normalized spacial score (nSPS) is 39.5. The van der Waals surface area contributed by atoms with E-state index >= 15 is 0 Å². The van der Waals surface area contributed by atoms with Gasteiger partial charge in [-0.15, -0.1) is 0 Å². The summed E-state index contributed by atoms with van der Waals surface area (Å²) in [6, 6.07) is 0. The van der Waals surface area contributed by atoms with Gasteiger partial charge in [0.2, 0.25) is 5.76 Å². The summed E-state index contributed by atoms with van der Waals surface area (Å²) in [6.45, 7) is 16.7. The highest BCUT2D eigenvalue weighted by Gasteiger charge is 2.51. The molecule has 2 heterocycles. The van der Waals surface area contributed by atoms with Gasteiger partial charge in [-0.2, -0.15) is 0 Å². The van der Waals surface area contributed by atoms with Gasteiger partial charge in [0.25, 0.3) is 0 Å². The predicted molar refractivity (Wildman–Crippen MR) is 169 cm³/mol. The van der Waals surface area contributed by atoms with Crippen molar-refractivity contribution >= 4 is 11.8 Å². The van der Waals surface area contributed by atoms with Gasteiger partial charge in [-0.25, -0.2) is 4.79 Å². The van der Waals surface area contributed by atoms with Gasteiger partial charge in [-0.1, -0.05) is 83.9 Å². The topological polar surface area (TPSA) is 132 Å². The Morgan fingerprint density at radius 2 is 1.68 bits per heavy atom. The van der Waals surface area contributed by atoms with Crippen LogP contribution in [0.1, 0.15) is 75.2 Å². The van der Waals surface area contributed by atoms with Crippen molar-refractivity contribution in [3.05, 3.63) is 47.3 Å². The number of carbonyl (C=O) groups excluding carboxylic acids is 2. The van der Waals surface area contributed by atoms with Gasteiger partial charge in [0.05, 0.1) is 25.4 Å². The van der Waals surface area contributed by atoms with E-state index in [1.54, 1.807) is 39.0 Å². The number of allylic oxidation sites excluding steroid dienone is 6. The molecule has 11 unspecified atom stereocenters. The van der Waals surface area contributed by atoms with Gasteiger partial charge in [-0.3, -0.25) is 4.79 Å². The second-order valence-electron chi connectivity index (χ2n) is 13.3. The fourth-order valence-electron chi connectivity index (χ4n) is 6.39. The highest BCUT2D eigenvalue weighted by Crippen LogP contribution is 2.41.